The number of H-pyrrole nitrogens is 1. The quantitative estimate of drug-likeness (QED) is 0.757. The first kappa shape index (κ1) is 13.4. The zero-order chi connectivity index (χ0) is 15.1. The molecule has 1 unspecified atom stereocenters. The molecule has 2 N–H and O–H groups in total. The van der Waals surface area contributed by atoms with Gasteiger partial charge in [0.2, 0.25) is 0 Å². The Kier molecular flexibility index (Phi) is 3.16. The average molecular weight is 301 g/mol. The first-order valence-corrected chi connectivity index (χ1v) is 7.24. The lowest BCUT2D eigenvalue weighted by Crippen LogP contribution is -2.44. The summed E-state index contributed by atoms with van der Waals surface area (Å²) < 4.78 is 19.1. The van der Waals surface area contributed by atoms with E-state index < -0.39 is 0 Å². The van der Waals surface area contributed by atoms with Crippen LogP contribution in [-0.4, -0.2) is 46.7 Å². The first-order valence-electron chi connectivity index (χ1n) is 7.24. The van der Waals surface area contributed by atoms with Crippen LogP contribution in [0.5, 0.6) is 0 Å². The number of likely N-dealkylation sites (N-methyl/N-ethyl adjacent to an activating group) is 1. The monoisotopic (exact) mass is 301 g/mol. The van der Waals surface area contributed by atoms with Gasteiger partial charge in [0, 0.05) is 30.5 Å². The highest BCUT2D eigenvalue weighted by atomic mass is 19.1. The number of piperazine rings is 1. The lowest BCUT2D eigenvalue weighted by molar-refractivity contribution is 0.190. The molecular weight excluding hydrogens is 285 g/mol. The Morgan fingerprint density at radius 1 is 1.41 bits per heavy atom. The topological polar surface area (TPSA) is 70.0 Å². The molecule has 7 heteroatoms. The third-order valence-corrected chi connectivity index (χ3v) is 4.09. The lowest BCUT2D eigenvalue weighted by atomic mass is 10.2. The minimum absolute atomic E-state index is 0.0902. The number of fused-ring (bicyclic) bond motifs is 1. The van der Waals surface area contributed by atoms with Crippen molar-refractivity contribution in [2.45, 2.75) is 6.04 Å². The van der Waals surface area contributed by atoms with Gasteiger partial charge in [0.1, 0.15) is 11.5 Å². The molecule has 3 heterocycles. The number of halogens is 1. The minimum atomic E-state index is -0.268. The van der Waals surface area contributed by atoms with E-state index in [0.717, 1.165) is 19.6 Å². The minimum Gasteiger partial charge on any atom is -0.350 e. The molecule has 1 saturated heterocycles. The van der Waals surface area contributed by atoms with Gasteiger partial charge in [0.25, 0.3) is 5.89 Å². The number of nitrogens with one attached hydrogen (secondary N) is 2. The van der Waals surface area contributed by atoms with Crippen molar-refractivity contribution in [1.82, 2.24) is 25.3 Å². The second-order valence-electron chi connectivity index (χ2n) is 5.54. The van der Waals surface area contributed by atoms with E-state index in [1.807, 2.05) is 13.1 Å². The molecule has 0 aliphatic carbocycles. The van der Waals surface area contributed by atoms with E-state index >= 15 is 0 Å². The van der Waals surface area contributed by atoms with Crippen molar-refractivity contribution < 1.29 is 8.91 Å². The Morgan fingerprint density at radius 2 is 2.32 bits per heavy atom. The normalized spacial score (nSPS) is 19.8. The van der Waals surface area contributed by atoms with E-state index in [0.29, 0.717) is 28.3 Å². The van der Waals surface area contributed by atoms with E-state index in [4.69, 9.17) is 4.52 Å². The summed E-state index contributed by atoms with van der Waals surface area (Å²) in [6.45, 7) is 2.68. The van der Waals surface area contributed by atoms with Crippen LogP contribution < -0.4 is 5.32 Å². The Bertz CT molecular complexity index is 811. The van der Waals surface area contributed by atoms with Crippen LogP contribution >= 0.6 is 0 Å². The summed E-state index contributed by atoms with van der Waals surface area (Å²) in [5, 5.41) is 7.92. The van der Waals surface area contributed by atoms with Gasteiger partial charge in [0.05, 0.1) is 6.04 Å². The van der Waals surface area contributed by atoms with Crippen molar-refractivity contribution in [2.75, 3.05) is 26.7 Å². The van der Waals surface area contributed by atoms with Crippen LogP contribution in [-0.2, 0) is 0 Å². The summed E-state index contributed by atoms with van der Waals surface area (Å²) in [6.07, 6.45) is 0. The highest BCUT2D eigenvalue weighted by molar-refractivity contribution is 5.84. The maximum absolute atomic E-state index is 13.8. The van der Waals surface area contributed by atoms with Crippen molar-refractivity contribution >= 4 is 10.9 Å². The van der Waals surface area contributed by atoms with Crippen molar-refractivity contribution in [3.63, 3.8) is 0 Å². The zero-order valence-corrected chi connectivity index (χ0v) is 12.1. The highest BCUT2D eigenvalue weighted by Gasteiger charge is 2.25. The molecule has 2 aromatic heterocycles. The molecule has 1 aliphatic heterocycles. The molecule has 0 spiro atoms. The number of aromatic nitrogens is 3. The van der Waals surface area contributed by atoms with Gasteiger partial charge in [-0.15, -0.1) is 0 Å². The van der Waals surface area contributed by atoms with Gasteiger partial charge >= 0.3 is 0 Å². The second-order valence-corrected chi connectivity index (χ2v) is 5.54. The number of aromatic amines is 1. The Hall–Kier alpha value is -2.25. The van der Waals surface area contributed by atoms with E-state index in [1.54, 1.807) is 12.1 Å². The molecule has 0 amide bonds. The summed E-state index contributed by atoms with van der Waals surface area (Å²) >= 11 is 0. The van der Waals surface area contributed by atoms with Crippen LogP contribution in [0.4, 0.5) is 4.39 Å². The van der Waals surface area contributed by atoms with Crippen LogP contribution in [0, 0.1) is 5.82 Å². The fourth-order valence-corrected chi connectivity index (χ4v) is 2.81. The third kappa shape index (κ3) is 2.18. The van der Waals surface area contributed by atoms with Gasteiger partial charge in [-0.2, -0.15) is 4.98 Å². The summed E-state index contributed by atoms with van der Waals surface area (Å²) in [5.41, 5.74) is 1.34. The summed E-state index contributed by atoms with van der Waals surface area (Å²) in [7, 11) is 2.04. The van der Waals surface area contributed by atoms with Crippen molar-refractivity contribution in [2.24, 2.45) is 0 Å². The third-order valence-electron chi connectivity index (χ3n) is 4.09. The smallest absolute Gasteiger partial charge is 0.274 e. The molecule has 3 aromatic rings. The number of nitrogens with zero attached hydrogens (tertiary/aromatic N) is 3. The predicted octanol–water partition coefficient (Wildman–Crippen LogP) is 1.93. The van der Waals surface area contributed by atoms with Gasteiger partial charge in [-0.25, -0.2) is 4.39 Å². The number of hydrogen-bond donors (Lipinski definition) is 2. The van der Waals surface area contributed by atoms with Crippen molar-refractivity contribution in [3.8, 4) is 11.6 Å². The first-order chi connectivity index (χ1) is 10.7. The molecule has 0 saturated carbocycles. The molecule has 1 fully saturated rings. The Balaban J connectivity index is 1.69. The molecule has 0 bridgehead atoms. The van der Waals surface area contributed by atoms with Gasteiger partial charge in [-0.1, -0.05) is 11.2 Å². The second kappa shape index (κ2) is 5.19. The maximum atomic E-state index is 13.8. The van der Waals surface area contributed by atoms with Gasteiger partial charge in [0.15, 0.2) is 5.82 Å². The molecule has 114 valence electrons. The predicted molar refractivity (Wildman–Crippen MR) is 79.8 cm³/mol. The number of rotatable bonds is 2. The summed E-state index contributed by atoms with van der Waals surface area (Å²) in [6, 6.07) is 6.71. The number of hydrogen-bond acceptors (Lipinski definition) is 5. The fraction of sp³-hybridized carbons (Fsp3) is 0.333. The standard InChI is InChI=1S/C15H16FN5O/c1-21-6-5-17-8-13(21)14-19-15(22-20-14)12-7-9-10(16)3-2-4-11(9)18-12/h2-4,7,13,17-18H,5-6,8H2,1H3. The average Bonchev–Trinajstić information content (AvgIpc) is 3.14. The lowest BCUT2D eigenvalue weighted by Gasteiger charge is -2.30. The maximum Gasteiger partial charge on any atom is 0.274 e. The van der Waals surface area contributed by atoms with Gasteiger partial charge < -0.3 is 14.8 Å². The molecule has 1 aliphatic rings. The SMILES string of the molecule is CN1CCNCC1c1noc(-c2cc3c(F)cccc3[nH]2)n1. The molecule has 1 aromatic carbocycles. The Labute approximate surface area is 126 Å². The fourth-order valence-electron chi connectivity index (χ4n) is 2.81. The molecule has 0 radical (unpaired) electrons. The largest absolute Gasteiger partial charge is 0.350 e. The zero-order valence-electron chi connectivity index (χ0n) is 12.1. The summed E-state index contributed by atoms with van der Waals surface area (Å²) in [5.74, 6) is 0.754. The Morgan fingerprint density at radius 3 is 3.14 bits per heavy atom. The van der Waals surface area contributed by atoms with Crippen LogP contribution in [0.3, 0.4) is 0 Å². The van der Waals surface area contributed by atoms with Crippen molar-refractivity contribution in [3.05, 3.63) is 35.9 Å². The molecule has 1 atom stereocenters. The van der Waals surface area contributed by atoms with E-state index in [2.05, 4.69) is 25.3 Å². The number of benzene rings is 1. The van der Waals surface area contributed by atoms with Crippen LogP contribution in [0.1, 0.15) is 11.9 Å². The molecular formula is C15H16FN5O. The van der Waals surface area contributed by atoms with E-state index in [1.165, 1.54) is 6.07 Å². The van der Waals surface area contributed by atoms with E-state index in [-0.39, 0.29) is 11.9 Å². The van der Waals surface area contributed by atoms with Crippen LogP contribution in [0.25, 0.3) is 22.5 Å². The molecule has 4 rings (SSSR count). The van der Waals surface area contributed by atoms with Gasteiger partial charge in [-0.3, -0.25) is 4.90 Å². The van der Waals surface area contributed by atoms with Gasteiger partial charge in [-0.05, 0) is 25.2 Å². The summed E-state index contributed by atoms with van der Waals surface area (Å²) in [4.78, 5) is 9.77. The van der Waals surface area contributed by atoms with Crippen molar-refractivity contribution in [1.29, 1.82) is 0 Å². The highest BCUT2D eigenvalue weighted by Crippen LogP contribution is 2.26. The van der Waals surface area contributed by atoms with E-state index in [9.17, 15) is 4.39 Å². The molecule has 22 heavy (non-hydrogen) atoms. The van der Waals surface area contributed by atoms with Crippen LogP contribution in [0.15, 0.2) is 28.8 Å². The van der Waals surface area contributed by atoms with Crippen LogP contribution in [0.2, 0.25) is 0 Å². The molecule has 6 nitrogen and oxygen atoms in total.